The standard InChI is InChI=1S/C16H24ClNO2/c1-10(2)9-13-11(7-8-18-13)12-5-6-14(19-3)16(20-4)15(12)17/h5-6,10-11,13,18H,7-9H2,1-4H3. The van der Waals surface area contributed by atoms with Crippen LogP contribution in [-0.4, -0.2) is 26.8 Å². The van der Waals surface area contributed by atoms with Gasteiger partial charge in [-0.15, -0.1) is 0 Å². The molecule has 3 nitrogen and oxygen atoms in total. The molecule has 4 heteroatoms. The van der Waals surface area contributed by atoms with Crippen molar-refractivity contribution in [3.8, 4) is 11.5 Å². The van der Waals surface area contributed by atoms with Crippen LogP contribution in [0.15, 0.2) is 12.1 Å². The molecular weight excluding hydrogens is 274 g/mol. The first-order valence-electron chi connectivity index (χ1n) is 7.22. The normalized spacial score (nSPS) is 22.3. The van der Waals surface area contributed by atoms with Gasteiger partial charge in [-0.05, 0) is 36.9 Å². The molecule has 1 saturated heterocycles. The number of methoxy groups -OCH3 is 2. The predicted molar refractivity (Wildman–Crippen MR) is 83.2 cm³/mol. The van der Waals surface area contributed by atoms with E-state index in [1.807, 2.05) is 6.07 Å². The molecule has 1 heterocycles. The lowest BCUT2D eigenvalue weighted by atomic mass is 9.87. The molecule has 0 radical (unpaired) electrons. The maximum atomic E-state index is 6.54. The van der Waals surface area contributed by atoms with Crippen LogP contribution in [0.5, 0.6) is 11.5 Å². The van der Waals surface area contributed by atoms with Gasteiger partial charge in [-0.3, -0.25) is 0 Å². The average molecular weight is 298 g/mol. The maximum Gasteiger partial charge on any atom is 0.179 e. The maximum absolute atomic E-state index is 6.54. The third-order valence-corrected chi connectivity index (χ3v) is 4.38. The minimum Gasteiger partial charge on any atom is -0.493 e. The highest BCUT2D eigenvalue weighted by Gasteiger charge is 2.31. The van der Waals surface area contributed by atoms with E-state index in [-0.39, 0.29) is 0 Å². The predicted octanol–water partition coefficient (Wildman–Crippen LogP) is 3.85. The number of rotatable bonds is 5. The summed E-state index contributed by atoms with van der Waals surface area (Å²) in [6.07, 6.45) is 2.28. The monoisotopic (exact) mass is 297 g/mol. The third kappa shape index (κ3) is 3.04. The second-order valence-corrected chi connectivity index (χ2v) is 6.17. The Morgan fingerprint density at radius 2 is 2.05 bits per heavy atom. The lowest BCUT2D eigenvalue weighted by molar-refractivity contribution is 0.353. The first kappa shape index (κ1) is 15.5. The van der Waals surface area contributed by atoms with Crippen LogP contribution in [0.2, 0.25) is 5.02 Å². The van der Waals surface area contributed by atoms with Crippen molar-refractivity contribution in [1.82, 2.24) is 5.32 Å². The summed E-state index contributed by atoms with van der Waals surface area (Å²) in [6, 6.07) is 4.52. The Bertz CT molecular complexity index is 462. The summed E-state index contributed by atoms with van der Waals surface area (Å²) < 4.78 is 10.7. The van der Waals surface area contributed by atoms with E-state index in [2.05, 4.69) is 25.2 Å². The Kier molecular flexibility index (Phi) is 5.17. The van der Waals surface area contributed by atoms with Crippen molar-refractivity contribution in [3.63, 3.8) is 0 Å². The zero-order valence-corrected chi connectivity index (χ0v) is 13.5. The second-order valence-electron chi connectivity index (χ2n) is 5.79. The molecule has 2 rings (SSSR count). The van der Waals surface area contributed by atoms with Gasteiger partial charge < -0.3 is 14.8 Å². The summed E-state index contributed by atoms with van der Waals surface area (Å²) >= 11 is 6.54. The molecule has 2 unspecified atom stereocenters. The highest BCUT2D eigenvalue weighted by molar-refractivity contribution is 6.33. The van der Waals surface area contributed by atoms with Gasteiger partial charge in [0.1, 0.15) is 0 Å². The summed E-state index contributed by atoms with van der Waals surface area (Å²) in [5.74, 6) is 2.45. The number of benzene rings is 1. The fourth-order valence-corrected chi connectivity index (χ4v) is 3.46. The van der Waals surface area contributed by atoms with Crippen molar-refractivity contribution in [2.45, 2.75) is 38.6 Å². The first-order valence-corrected chi connectivity index (χ1v) is 7.60. The third-order valence-electron chi connectivity index (χ3n) is 3.99. The van der Waals surface area contributed by atoms with E-state index >= 15 is 0 Å². The second kappa shape index (κ2) is 6.68. The molecule has 0 bridgehead atoms. The molecule has 112 valence electrons. The molecule has 1 aromatic carbocycles. The molecule has 1 N–H and O–H groups in total. The lowest BCUT2D eigenvalue weighted by Crippen LogP contribution is -2.27. The first-order chi connectivity index (χ1) is 9.58. The topological polar surface area (TPSA) is 30.5 Å². The van der Waals surface area contributed by atoms with Crippen LogP contribution in [0.3, 0.4) is 0 Å². The van der Waals surface area contributed by atoms with Crippen LogP contribution in [0.1, 0.15) is 38.2 Å². The van der Waals surface area contributed by atoms with E-state index in [1.54, 1.807) is 14.2 Å². The van der Waals surface area contributed by atoms with E-state index < -0.39 is 0 Å². The molecule has 0 aliphatic carbocycles. The Labute approximate surface area is 126 Å². The molecule has 1 aromatic rings. The number of hydrogen-bond acceptors (Lipinski definition) is 3. The van der Waals surface area contributed by atoms with Gasteiger partial charge in [0.2, 0.25) is 0 Å². The smallest absolute Gasteiger partial charge is 0.179 e. The Morgan fingerprint density at radius 3 is 2.65 bits per heavy atom. The van der Waals surface area contributed by atoms with E-state index in [0.29, 0.717) is 34.4 Å². The van der Waals surface area contributed by atoms with E-state index in [0.717, 1.165) is 19.4 Å². The summed E-state index contributed by atoms with van der Waals surface area (Å²) in [4.78, 5) is 0. The largest absolute Gasteiger partial charge is 0.493 e. The van der Waals surface area contributed by atoms with Crippen LogP contribution in [0, 0.1) is 5.92 Å². The minimum absolute atomic E-state index is 0.449. The quantitative estimate of drug-likeness (QED) is 0.895. The highest BCUT2D eigenvalue weighted by Crippen LogP contribution is 2.43. The van der Waals surface area contributed by atoms with Crippen LogP contribution >= 0.6 is 11.6 Å². The van der Waals surface area contributed by atoms with Gasteiger partial charge in [0.25, 0.3) is 0 Å². The van der Waals surface area contributed by atoms with E-state index in [1.165, 1.54) is 5.56 Å². The zero-order chi connectivity index (χ0) is 14.7. The van der Waals surface area contributed by atoms with Gasteiger partial charge in [-0.25, -0.2) is 0 Å². The van der Waals surface area contributed by atoms with Crippen LogP contribution in [0.4, 0.5) is 0 Å². The zero-order valence-electron chi connectivity index (χ0n) is 12.7. The molecule has 0 spiro atoms. The molecule has 2 atom stereocenters. The Hall–Kier alpha value is -0.930. The average Bonchev–Trinajstić information content (AvgIpc) is 2.85. The molecule has 0 aromatic heterocycles. The summed E-state index contributed by atoms with van der Waals surface area (Å²) in [5, 5.41) is 4.29. The van der Waals surface area contributed by atoms with Crippen LogP contribution in [-0.2, 0) is 0 Å². The van der Waals surface area contributed by atoms with Gasteiger partial charge in [0.15, 0.2) is 11.5 Å². The fourth-order valence-electron chi connectivity index (χ4n) is 3.09. The minimum atomic E-state index is 0.449. The lowest BCUT2D eigenvalue weighted by Gasteiger charge is -2.24. The number of nitrogens with one attached hydrogen (secondary N) is 1. The number of halogens is 1. The van der Waals surface area contributed by atoms with Crippen molar-refractivity contribution in [3.05, 3.63) is 22.7 Å². The van der Waals surface area contributed by atoms with Crippen molar-refractivity contribution in [2.24, 2.45) is 5.92 Å². The van der Waals surface area contributed by atoms with Gasteiger partial charge >= 0.3 is 0 Å². The molecule has 1 fully saturated rings. The van der Waals surface area contributed by atoms with Gasteiger partial charge in [-0.1, -0.05) is 31.5 Å². The SMILES string of the molecule is COc1ccc(C2CCNC2CC(C)C)c(Cl)c1OC. The summed E-state index contributed by atoms with van der Waals surface area (Å²) in [6.45, 7) is 5.56. The Balaban J connectivity index is 2.32. The van der Waals surface area contributed by atoms with Crippen LogP contribution in [0.25, 0.3) is 0 Å². The van der Waals surface area contributed by atoms with E-state index in [9.17, 15) is 0 Å². The molecule has 1 aliphatic heterocycles. The van der Waals surface area contributed by atoms with Crippen molar-refractivity contribution in [1.29, 1.82) is 0 Å². The molecule has 0 amide bonds. The highest BCUT2D eigenvalue weighted by atomic mass is 35.5. The number of hydrogen-bond donors (Lipinski definition) is 1. The molecule has 20 heavy (non-hydrogen) atoms. The summed E-state index contributed by atoms with van der Waals surface area (Å²) in [5.41, 5.74) is 1.17. The van der Waals surface area contributed by atoms with E-state index in [4.69, 9.17) is 21.1 Å². The van der Waals surface area contributed by atoms with Crippen molar-refractivity contribution >= 4 is 11.6 Å². The van der Waals surface area contributed by atoms with Crippen molar-refractivity contribution < 1.29 is 9.47 Å². The van der Waals surface area contributed by atoms with Gasteiger partial charge in [-0.2, -0.15) is 0 Å². The van der Waals surface area contributed by atoms with Gasteiger partial charge in [0.05, 0.1) is 19.2 Å². The molecule has 0 saturated carbocycles. The number of ether oxygens (including phenoxy) is 2. The molecular formula is C16H24ClNO2. The van der Waals surface area contributed by atoms with Crippen molar-refractivity contribution in [2.75, 3.05) is 20.8 Å². The van der Waals surface area contributed by atoms with Crippen LogP contribution < -0.4 is 14.8 Å². The summed E-state index contributed by atoms with van der Waals surface area (Å²) in [7, 11) is 3.26. The van der Waals surface area contributed by atoms with Gasteiger partial charge in [0, 0.05) is 12.0 Å². The molecule has 1 aliphatic rings. The fraction of sp³-hybridized carbons (Fsp3) is 0.625. The Morgan fingerprint density at radius 1 is 1.30 bits per heavy atom.